The van der Waals surface area contributed by atoms with E-state index in [1.165, 1.54) is 16.7 Å². The van der Waals surface area contributed by atoms with E-state index in [0.29, 0.717) is 6.04 Å². The molecule has 0 radical (unpaired) electrons. The van der Waals surface area contributed by atoms with E-state index in [2.05, 4.69) is 46.7 Å². The molecule has 0 fully saturated rings. The van der Waals surface area contributed by atoms with Crippen LogP contribution < -0.4 is 18.9 Å². The van der Waals surface area contributed by atoms with Crippen LogP contribution in [0.2, 0.25) is 0 Å². The molecule has 1 aliphatic heterocycles. The maximum absolute atomic E-state index is 5.83. The summed E-state index contributed by atoms with van der Waals surface area (Å²) in [6.45, 7) is 1.04. The van der Waals surface area contributed by atoms with E-state index in [4.69, 9.17) is 18.9 Å². The smallest absolute Gasteiger partial charge is 0.169 e. The highest BCUT2D eigenvalue weighted by atomic mass is 127. The SMILES string of the molecule is CI.COc1ccc2c(c1OC)-c1c(OC)c(OC)cc3c1[C@@H](C2)N(C)CC3. The van der Waals surface area contributed by atoms with Crippen LogP contribution in [0.15, 0.2) is 18.2 Å². The zero-order valence-electron chi connectivity index (χ0n) is 17.4. The van der Waals surface area contributed by atoms with E-state index in [9.17, 15) is 0 Å². The largest absolute Gasteiger partial charge is 0.493 e. The first-order chi connectivity index (χ1) is 13.6. The molecule has 2 aliphatic rings. The summed E-state index contributed by atoms with van der Waals surface area (Å²) in [6, 6.07) is 6.59. The topological polar surface area (TPSA) is 40.2 Å². The Morgan fingerprint density at radius 2 is 1.50 bits per heavy atom. The first kappa shape index (κ1) is 21.0. The summed E-state index contributed by atoms with van der Waals surface area (Å²) in [4.78, 5) is 4.40. The monoisotopic (exact) mass is 497 g/mol. The van der Waals surface area contributed by atoms with Gasteiger partial charge in [0.25, 0.3) is 0 Å². The van der Waals surface area contributed by atoms with Crippen LogP contribution in [0.3, 0.4) is 0 Å². The van der Waals surface area contributed by atoms with Gasteiger partial charge in [-0.1, -0.05) is 28.7 Å². The Balaban J connectivity index is 0.00000109. The molecule has 4 rings (SSSR count). The number of nitrogens with zero attached hydrogens (tertiary/aromatic N) is 1. The Morgan fingerprint density at radius 3 is 2.11 bits per heavy atom. The van der Waals surface area contributed by atoms with Gasteiger partial charge in [0, 0.05) is 23.7 Å². The summed E-state index contributed by atoms with van der Waals surface area (Å²) in [5.74, 6) is 3.01. The number of halogens is 1. The predicted octanol–water partition coefficient (Wildman–Crippen LogP) is 4.52. The van der Waals surface area contributed by atoms with Crippen LogP contribution in [-0.2, 0) is 12.8 Å². The van der Waals surface area contributed by atoms with E-state index in [-0.39, 0.29) is 0 Å². The van der Waals surface area contributed by atoms with Crippen LogP contribution >= 0.6 is 22.6 Å². The van der Waals surface area contributed by atoms with E-state index >= 15 is 0 Å². The van der Waals surface area contributed by atoms with Crippen LogP contribution in [0.25, 0.3) is 11.1 Å². The van der Waals surface area contributed by atoms with E-state index in [0.717, 1.165) is 53.5 Å². The Bertz CT molecular complexity index is 868. The molecule has 6 heteroatoms. The minimum absolute atomic E-state index is 0.333. The summed E-state index contributed by atoms with van der Waals surface area (Å²) in [5, 5.41) is 0. The van der Waals surface area contributed by atoms with Crippen LogP contribution in [0.5, 0.6) is 23.0 Å². The van der Waals surface area contributed by atoms with Gasteiger partial charge in [0.2, 0.25) is 0 Å². The molecule has 0 unspecified atom stereocenters. The van der Waals surface area contributed by atoms with Crippen molar-refractivity contribution >= 4 is 22.6 Å². The highest BCUT2D eigenvalue weighted by Crippen LogP contribution is 2.56. The highest BCUT2D eigenvalue weighted by molar-refractivity contribution is 14.1. The van der Waals surface area contributed by atoms with E-state index < -0.39 is 0 Å². The fourth-order valence-corrected chi connectivity index (χ4v) is 4.45. The zero-order chi connectivity index (χ0) is 20.4. The Labute approximate surface area is 181 Å². The number of alkyl halides is 1. The summed E-state index contributed by atoms with van der Waals surface area (Å²) in [5.41, 5.74) is 6.04. The second kappa shape index (κ2) is 8.78. The van der Waals surface area contributed by atoms with Gasteiger partial charge in [-0.15, -0.1) is 0 Å². The van der Waals surface area contributed by atoms with Crippen molar-refractivity contribution in [3.63, 3.8) is 0 Å². The number of benzene rings is 2. The second-order valence-corrected chi connectivity index (χ2v) is 6.85. The van der Waals surface area contributed by atoms with Crippen LogP contribution in [0, 0.1) is 0 Å². The maximum Gasteiger partial charge on any atom is 0.169 e. The molecule has 0 saturated carbocycles. The number of hydrogen-bond donors (Lipinski definition) is 0. The minimum atomic E-state index is 0.333. The minimum Gasteiger partial charge on any atom is -0.493 e. The number of likely N-dealkylation sites (N-methyl/N-ethyl adjacent to an activating group) is 1. The number of hydrogen-bond acceptors (Lipinski definition) is 5. The first-order valence-electron chi connectivity index (χ1n) is 9.24. The summed E-state index contributed by atoms with van der Waals surface area (Å²) in [7, 11) is 8.94. The molecule has 0 bridgehead atoms. The maximum atomic E-state index is 5.83. The average Bonchev–Trinajstić information content (AvgIpc) is 2.75. The number of rotatable bonds is 4. The van der Waals surface area contributed by atoms with Gasteiger partial charge in [-0.2, -0.15) is 0 Å². The third-order valence-corrected chi connectivity index (χ3v) is 5.69. The molecule has 0 aromatic heterocycles. The molecular formula is C22H28INO4. The van der Waals surface area contributed by atoms with Gasteiger partial charge in [0.15, 0.2) is 23.0 Å². The van der Waals surface area contributed by atoms with Crippen molar-refractivity contribution in [1.82, 2.24) is 4.90 Å². The fourth-order valence-electron chi connectivity index (χ4n) is 4.45. The third kappa shape index (κ3) is 3.20. The van der Waals surface area contributed by atoms with Crippen molar-refractivity contribution in [2.75, 3.05) is 47.0 Å². The quantitative estimate of drug-likeness (QED) is 0.459. The summed E-state index contributed by atoms with van der Waals surface area (Å²) < 4.78 is 22.8. The third-order valence-electron chi connectivity index (χ3n) is 5.69. The molecular weight excluding hydrogens is 469 g/mol. The second-order valence-electron chi connectivity index (χ2n) is 6.85. The van der Waals surface area contributed by atoms with Crippen molar-refractivity contribution in [3.8, 4) is 34.1 Å². The van der Waals surface area contributed by atoms with Crippen LogP contribution in [0.4, 0.5) is 0 Å². The molecule has 0 amide bonds. The van der Waals surface area contributed by atoms with Crippen LogP contribution in [0.1, 0.15) is 22.7 Å². The Hall–Kier alpha value is -1.67. The summed E-state index contributed by atoms with van der Waals surface area (Å²) in [6.07, 6.45) is 1.94. The van der Waals surface area contributed by atoms with Gasteiger partial charge in [-0.25, -0.2) is 0 Å². The highest BCUT2D eigenvalue weighted by Gasteiger charge is 2.38. The van der Waals surface area contributed by atoms with Gasteiger partial charge >= 0.3 is 0 Å². The average molecular weight is 497 g/mol. The lowest BCUT2D eigenvalue weighted by Crippen LogP contribution is -2.35. The van der Waals surface area contributed by atoms with E-state index in [1.54, 1.807) is 28.4 Å². The molecule has 2 aromatic rings. The normalized spacial score (nSPS) is 16.9. The fraction of sp³-hybridized carbons (Fsp3) is 0.455. The Kier molecular flexibility index (Phi) is 6.60. The van der Waals surface area contributed by atoms with Crippen LogP contribution in [-0.4, -0.2) is 51.9 Å². The van der Waals surface area contributed by atoms with Gasteiger partial charge in [0.05, 0.1) is 28.4 Å². The van der Waals surface area contributed by atoms with Gasteiger partial charge < -0.3 is 18.9 Å². The summed E-state index contributed by atoms with van der Waals surface area (Å²) >= 11 is 2.15. The lowest BCUT2D eigenvalue weighted by atomic mass is 9.76. The van der Waals surface area contributed by atoms with Crippen molar-refractivity contribution in [3.05, 3.63) is 34.9 Å². The van der Waals surface area contributed by atoms with Gasteiger partial charge in [-0.3, -0.25) is 4.90 Å². The van der Waals surface area contributed by atoms with Crippen molar-refractivity contribution in [1.29, 1.82) is 0 Å². The van der Waals surface area contributed by atoms with Gasteiger partial charge in [-0.05, 0) is 53.6 Å². The molecule has 2 aromatic carbocycles. The Morgan fingerprint density at radius 1 is 0.857 bits per heavy atom. The molecule has 1 atom stereocenters. The predicted molar refractivity (Wildman–Crippen MR) is 121 cm³/mol. The number of ether oxygens (including phenoxy) is 4. The van der Waals surface area contributed by atoms with Crippen molar-refractivity contribution in [2.24, 2.45) is 0 Å². The van der Waals surface area contributed by atoms with Crippen molar-refractivity contribution < 1.29 is 18.9 Å². The molecule has 1 aliphatic carbocycles. The van der Waals surface area contributed by atoms with Crippen molar-refractivity contribution in [2.45, 2.75) is 18.9 Å². The molecule has 1 heterocycles. The molecule has 0 spiro atoms. The molecule has 5 nitrogen and oxygen atoms in total. The zero-order valence-corrected chi connectivity index (χ0v) is 19.5. The lowest BCUT2D eigenvalue weighted by Gasteiger charge is -2.41. The standard InChI is InChI=1S/C21H25NO4.CH3I/c1-22-9-8-13-11-16(24-3)21(26-5)19-17(13)14(22)10-12-6-7-15(23-2)20(25-4)18(12)19;1-2/h6-7,11,14H,8-10H2,1-5H3;1H3/t14-;/m1./s1. The number of methoxy groups -OCH3 is 4. The number of fused-ring (bicyclic) bond motifs is 2. The van der Waals surface area contributed by atoms with E-state index in [1.807, 2.05) is 11.0 Å². The molecule has 28 heavy (non-hydrogen) atoms. The molecule has 0 saturated heterocycles. The lowest BCUT2D eigenvalue weighted by molar-refractivity contribution is 0.226. The molecule has 152 valence electrons. The first-order valence-corrected chi connectivity index (χ1v) is 11.4. The molecule has 0 N–H and O–H groups in total. The van der Waals surface area contributed by atoms with Gasteiger partial charge in [0.1, 0.15) is 0 Å².